The van der Waals surface area contributed by atoms with Gasteiger partial charge in [0.1, 0.15) is 0 Å². The third-order valence-corrected chi connectivity index (χ3v) is 9.62. The van der Waals surface area contributed by atoms with Gasteiger partial charge in [0, 0.05) is 40.4 Å². The van der Waals surface area contributed by atoms with E-state index in [-0.39, 0.29) is 35.5 Å². The molecule has 3 aliphatic rings. The average molecular weight is 552 g/mol. The monoisotopic (exact) mass is 551 g/mol. The molecular formula is C34H53N3O3. The van der Waals surface area contributed by atoms with E-state index in [4.69, 9.17) is 0 Å². The smallest absolute Gasteiger partial charge is 0.230 e. The second-order valence-corrected chi connectivity index (χ2v) is 14.1. The molecule has 0 aromatic heterocycles. The Morgan fingerprint density at radius 3 is 1.57 bits per heavy atom. The first kappa shape index (κ1) is 30.6. The Morgan fingerprint density at radius 1 is 0.675 bits per heavy atom. The number of nitrogens with zero attached hydrogens (tertiary/aromatic N) is 1. The predicted molar refractivity (Wildman–Crippen MR) is 164 cm³/mol. The average Bonchev–Trinajstić information content (AvgIpc) is 2.93. The van der Waals surface area contributed by atoms with Gasteiger partial charge in [0.2, 0.25) is 17.7 Å². The van der Waals surface area contributed by atoms with Gasteiger partial charge in [-0.25, -0.2) is 0 Å². The minimum absolute atomic E-state index is 0.00141. The lowest BCUT2D eigenvalue weighted by molar-refractivity contribution is -0.124. The SMILES string of the molecule is CC(C)C1CCC(C(=O)Nc2cc(NC(=O)C3CCCCC3)cc(N(C(=O)C3CCCCC3)C(C)(C)C)c2)CC1. The standard InChI is InChI=1S/C34H53N3O3/c1-23(2)24-16-18-26(19-17-24)32(39)36-29-20-28(35-31(38)25-12-8-6-9-13-25)21-30(22-29)37(34(3,4)5)33(40)27-14-10-7-11-15-27/h20-27H,6-19H2,1-5H3,(H,35,38)(H,36,39). The van der Waals surface area contributed by atoms with Gasteiger partial charge < -0.3 is 15.5 Å². The molecule has 4 rings (SSSR count). The van der Waals surface area contributed by atoms with E-state index in [1.165, 1.54) is 12.8 Å². The van der Waals surface area contributed by atoms with Gasteiger partial charge in [-0.15, -0.1) is 0 Å². The minimum Gasteiger partial charge on any atom is -0.326 e. The fourth-order valence-corrected chi connectivity index (χ4v) is 7.16. The van der Waals surface area contributed by atoms with E-state index >= 15 is 0 Å². The van der Waals surface area contributed by atoms with Crippen LogP contribution in [-0.4, -0.2) is 23.3 Å². The van der Waals surface area contributed by atoms with Crippen molar-refractivity contribution in [2.75, 3.05) is 15.5 Å². The lowest BCUT2D eigenvalue weighted by Crippen LogP contribution is -2.49. The van der Waals surface area contributed by atoms with Crippen LogP contribution in [0.4, 0.5) is 17.1 Å². The molecule has 1 aromatic carbocycles. The van der Waals surface area contributed by atoms with Gasteiger partial charge in [0.15, 0.2) is 0 Å². The summed E-state index contributed by atoms with van der Waals surface area (Å²) in [5, 5.41) is 6.35. The number of hydrogen-bond donors (Lipinski definition) is 2. The van der Waals surface area contributed by atoms with E-state index in [0.717, 1.165) is 82.7 Å². The zero-order valence-corrected chi connectivity index (χ0v) is 25.7. The first-order valence-corrected chi connectivity index (χ1v) is 16.1. The Labute approximate surface area is 242 Å². The van der Waals surface area contributed by atoms with Crippen molar-refractivity contribution in [3.8, 4) is 0 Å². The molecule has 0 aliphatic heterocycles. The Balaban J connectivity index is 1.61. The summed E-state index contributed by atoms with van der Waals surface area (Å²) in [6.45, 7) is 10.7. The molecule has 3 amide bonds. The van der Waals surface area contributed by atoms with Gasteiger partial charge in [-0.2, -0.15) is 0 Å². The van der Waals surface area contributed by atoms with Crippen molar-refractivity contribution in [3.05, 3.63) is 18.2 Å². The maximum absolute atomic E-state index is 13.9. The maximum atomic E-state index is 13.9. The summed E-state index contributed by atoms with van der Waals surface area (Å²) < 4.78 is 0. The molecule has 3 saturated carbocycles. The summed E-state index contributed by atoms with van der Waals surface area (Å²) in [6.07, 6.45) is 14.4. The molecule has 0 saturated heterocycles. The molecule has 0 heterocycles. The van der Waals surface area contributed by atoms with Crippen molar-refractivity contribution >= 4 is 34.8 Å². The van der Waals surface area contributed by atoms with Crippen LogP contribution in [-0.2, 0) is 14.4 Å². The van der Waals surface area contributed by atoms with Crippen LogP contribution in [0.5, 0.6) is 0 Å². The van der Waals surface area contributed by atoms with Crippen molar-refractivity contribution in [2.24, 2.45) is 29.6 Å². The van der Waals surface area contributed by atoms with Crippen molar-refractivity contribution in [1.29, 1.82) is 0 Å². The van der Waals surface area contributed by atoms with Crippen LogP contribution in [0.15, 0.2) is 18.2 Å². The second kappa shape index (κ2) is 13.5. The largest absolute Gasteiger partial charge is 0.326 e. The van der Waals surface area contributed by atoms with Crippen molar-refractivity contribution in [2.45, 2.75) is 130 Å². The van der Waals surface area contributed by atoms with E-state index < -0.39 is 5.54 Å². The zero-order chi connectivity index (χ0) is 28.9. The van der Waals surface area contributed by atoms with E-state index in [0.29, 0.717) is 23.2 Å². The molecule has 6 heteroatoms. The Hall–Kier alpha value is -2.37. The Morgan fingerprint density at radius 2 is 1.12 bits per heavy atom. The normalized spacial score (nSPS) is 23.1. The molecule has 3 aliphatic carbocycles. The van der Waals surface area contributed by atoms with Gasteiger partial charge >= 0.3 is 0 Å². The van der Waals surface area contributed by atoms with Crippen molar-refractivity contribution in [1.82, 2.24) is 0 Å². The van der Waals surface area contributed by atoms with Gasteiger partial charge in [-0.05, 0) is 102 Å². The Bertz CT molecular complexity index is 1020. The van der Waals surface area contributed by atoms with Gasteiger partial charge in [-0.1, -0.05) is 52.4 Å². The molecule has 6 nitrogen and oxygen atoms in total. The van der Waals surface area contributed by atoms with E-state index in [1.54, 1.807) is 0 Å². The topological polar surface area (TPSA) is 78.5 Å². The zero-order valence-electron chi connectivity index (χ0n) is 25.7. The van der Waals surface area contributed by atoms with Crippen LogP contribution in [0, 0.1) is 29.6 Å². The number of amides is 3. The van der Waals surface area contributed by atoms with Gasteiger partial charge in [0.25, 0.3) is 0 Å². The molecule has 222 valence electrons. The summed E-state index contributed by atoms with van der Waals surface area (Å²) >= 11 is 0. The highest BCUT2D eigenvalue weighted by molar-refractivity contribution is 6.01. The Kier molecular flexibility index (Phi) is 10.3. The first-order chi connectivity index (χ1) is 19.0. The fourth-order valence-electron chi connectivity index (χ4n) is 7.16. The lowest BCUT2D eigenvalue weighted by atomic mass is 9.76. The summed E-state index contributed by atoms with van der Waals surface area (Å²) in [4.78, 5) is 42.5. The van der Waals surface area contributed by atoms with Gasteiger partial charge in [0.05, 0.1) is 0 Å². The third-order valence-electron chi connectivity index (χ3n) is 9.62. The lowest BCUT2D eigenvalue weighted by Gasteiger charge is -2.39. The molecule has 0 unspecified atom stereocenters. The summed E-state index contributed by atoms with van der Waals surface area (Å²) in [7, 11) is 0. The number of anilines is 3. The van der Waals surface area contributed by atoms with E-state index in [9.17, 15) is 14.4 Å². The highest BCUT2D eigenvalue weighted by Crippen LogP contribution is 2.37. The quantitative estimate of drug-likeness (QED) is 0.358. The number of carbonyl (C=O) groups excluding carboxylic acids is 3. The maximum Gasteiger partial charge on any atom is 0.230 e. The predicted octanol–water partition coefficient (Wildman–Crippen LogP) is 8.32. The number of carbonyl (C=O) groups is 3. The molecule has 0 bridgehead atoms. The van der Waals surface area contributed by atoms with Crippen molar-refractivity contribution < 1.29 is 14.4 Å². The molecule has 40 heavy (non-hydrogen) atoms. The highest BCUT2D eigenvalue weighted by atomic mass is 16.2. The van der Waals surface area contributed by atoms with Crippen LogP contribution in [0.25, 0.3) is 0 Å². The summed E-state index contributed by atoms with van der Waals surface area (Å²) in [6, 6.07) is 5.73. The van der Waals surface area contributed by atoms with E-state index in [2.05, 4.69) is 45.3 Å². The van der Waals surface area contributed by atoms with Crippen LogP contribution in [0.1, 0.15) is 125 Å². The molecule has 1 aromatic rings. The number of benzene rings is 1. The third kappa shape index (κ3) is 7.88. The molecule has 3 fully saturated rings. The number of nitrogens with one attached hydrogen (secondary N) is 2. The highest BCUT2D eigenvalue weighted by Gasteiger charge is 2.35. The minimum atomic E-state index is -0.447. The van der Waals surface area contributed by atoms with E-state index in [1.807, 2.05) is 23.1 Å². The second-order valence-electron chi connectivity index (χ2n) is 14.1. The molecular weight excluding hydrogens is 498 g/mol. The fraction of sp³-hybridized carbons (Fsp3) is 0.735. The van der Waals surface area contributed by atoms with Crippen LogP contribution in [0.2, 0.25) is 0 Å². The van der Waals surface area contributed by atoms with Crippen molar-refractivity contribution in [3.63, 3.8) is 0 Å². The molecule has 0 spiro atoms. The van der Waals surface area contributed by atoms with Crippen LogP contribution in [0.3, 0.4) is 0 Å². The summed E-state index contributed by atoms with van der Waals surface area (Å²) in [5.74, 6) is 1.62. The number of hydrogen-bond acceptors (Lipinski definition) is 3. The van der Waals surface area contributed by atoms with Crippen LogP contribution >= 0.6 is 0 Å². The molecule has 2 N–H and O–H groups in total. The van der Waals surface area contributed by atoms with Crippen LogP contribution < -0.4 is 15.5 Å². The first-order valence-electron chi connectivity index (χ1n) is 16.1. The molecule has 0 radical (unpaired) electrons. The summed E-state index contributed by atoms with van der Waals surface area (Å²) in [5.41, 5.74) is 1.59. The van der Waals surface area contributed by atoms with Gasteiger partial charge in [-0.3, -0.25) is 14.4 Å². The number of rotatable bonds is 7. The molecule has 0 atom stereocenters.